The summed E-state index contributed by atoms with van der Waals surface area (Å²) in [5.41, 5.74) is 3.79. The zero-order valence-corrected chi connectivity index (χ0v) is 14.0. The molecule has 1 unspecified atom stereocenters. The highest BCUT2D eigenvalue weighted by Crippen LogP contribution is 2.39. The van der Waals surface area contributed by atoms with E-state index in [1.54, 1.807) is 13.3 Å². The molecule has 0 fully saturated rings. The smallest absolute Gasteiger partial charge is 0.142 e. The molecule has 0 aliphatic heterocycles. The number of aromatic nitrogens is 1. The first-order valence-corrected chi connectivity index (χ1v) is 7.85. The average molecular weight is 294 g/mol. The Morgan fingerprint density at radius 1 is 1.29 bits per heavy atom. The van der Waals surface area contributed by atoms with E-state index in [4.69, 9.17) is 10.6 Å². The van der Waals surface area contributed by atoms with Crippen LogP contribution in [0.5, 0.6) is 5.75 Å². The Hall–Kier alpha value is -1.17. The van der Waals surface area contributed by atoms with Gasteiger partial charge in [0.05, 0.1) is 13.2 Å². The van der Waals surface area contributed by atoms with E-state index >= 15 is 0 Å². The van der Waals surface area contributed by atoms with E-state index in [0.29, 0.717) is 0 Å². The molecule has 0 aromatic carbocycles. The second-order valence-corrected chi connectivity index (χ2v) is 5.17. The van der Waals surface area contributed by atoms with E-state index in [9.17, 15) is 0 Å². The molecular weight excluding hydrogens is 264 g/mol. The summed E-state index contributed by atoms with van der Waals surface area (Å²) in [6.45, 7) is 10.7. The van der Waals surface area contributed by atoms with E-state index in [-0.39, 0.29) is 11.6 Å². The fourth-order valence-electron chi connectivity index (χ4n) is 3.42. The summed E-state index contributed by atoms with van der Waals surface area (Å²) < 4.78 is 5.48. The van der Waals surface area contributed by atoms with Crippen molar-refractivity contribution in [3.05, 3.63) is 24.0 Å². The van der Waals surface area contributed by atoms with Crippen LogP contribution < -0.4 is 16.0 Å². The Kier molecular flexibility index (Phi) is 7.08. The van der Waals surface area contributed by atoms with Crippen molar-refractivity contribution in [1.29, 1.82) is 0 Å². The van der Waals surface area contributed by atoms with Crippen molar-refractivity contribution < 1.29 is 4.74 Å². The summed E-state index contributed by atoms with van der Waals surface area (Å²) in [5.74, 6) is 6.72. The van der Waals surface area contributed by atoms with Gasteiger partial charge in [0, 0.05) is 11.7 Å². The van der Waals surface area contributed by atoms with Gasteiger partial charge in [0.2, 0.25) is 0 Å². The van der Waals surface area contributed by atoms with Gasteiger partial charge in [-0.25, -0.2) is 5.43 Å². The molecule has 0 saturated heterocycles. The van der Waals surface area contributed by atoms with Crippen LogP contribution in [-0.2, 0) is 0 Å². The van der Waals surface area contributed by atoms with E-state index in [0.717, 1.165) is 37.4 Å². The maximum absolute atomic E-state index is 5.94. The van der Waals surface area contributed by atoms with Crippen LogP contribution in [0.3, 0.4) is 0 Å². The second-order valence-electron chi connectivity index (χ2n) is 5.17. The third-order valence-corrected chi connectivity index (χ3v) is 4.61. The van der Waals surface area contributed by atoms with E-state index < -0.39 is 0 Å². The Labute approximate surface area is 128 Å². The van der Waals surface area contributed by atoms with Crippen molar-refractivity contribution in [3.63, 3.8) is 0 Å². The number of methoxy groups -OCH3 is 1. The molecule has 0 bridgehead atoms. The molecule has 0 aliphatic rings. The number of hydrogen-bond acceptors (Lipinski definition) is 5. The maximum atomic E-state index is 5.94. The molecule has 0 saturated carbocycles. The Balaban J connectivity index is 3.37. The van der Waals surface area contributed by atoms with Crippen molar-refractivity contribution in [2.24, 2.45) is 5.84 Å². The molecule has 0 radical (unpaired) electrons. The van der Waals surface area contributed by atoms with Gasteiger partial charge in [-0.3, -0.25) is 15.7 Å². The number of rotatable bonds is 9. The Bertz CT molecular complexity index is 416. The van der Waals surface area contributed by atoms with Crippen LogP contribution in [0.2, 0.25) is 0 Å². The SMILES string of the molecule is CCN(CC)C(CC)(CC)C(NN)c1ncccc1OC. The molecule has 5 nitrogen and oxygen atoms in total. The molecular formula is C16H30N4O. The number of hydrazine groups is 1. The van der Waals surface area contributed by atoms with Gasteiger partial charge in [0.15, 0.2) is 0 Å². The van der Waals surface area contributed by atoms with Crippen LogP contribution in [-0.4, -0.2) is 35.6 Å². The van der Waals surface area contributed by atoms with Gasteiger partial charge >= 0.3 is 0 Å². The fraction of sp³-hybridized carbons (Fsp3) is 0.688. The average Bonchev–Trinajstić information content (AvgIpc) is 2.55. The Morgan fingerprint density at radius 3 is 2.33 bits per heavy atom. The molecule has 120 valence electrons. The van der Waals surface area contributed by atoms with Gasteiger partial charge in [-0.05, 0) is 38.1 Å². The lowest BCUT2D eigenvalue weighted by Gasteiger charge is -2.47. The van der Waals surface area contributed by atoms with Crippen LogP contribution in [0.1, 0.15) is 52.3 Å². The lowest BCUT2D eigenvalue weighted by atomic mass is 9.80. The molecule has 0 amide bonds. The molecule has 1 atom stereocenters. The summed E-state index contributed by atoms with van der Waals surface area (Å²) in [6.07, 6.45) is 3.76. The number of nitrogens with one attached hydrogen (secondary N) is 1. The molecule has 1 aromatic heterocycles. The molecule has 0 aliphatic carbocycles. The largest absolute Gasteiger partial charge is 0.495 e. The summed E-state index contributed by atoms with van der Waals surface area (Å²) in [6, 6.07) is 3.74. The van der Waals surface area contributed by atoms with Crippen molar-refractivity contribution in [3.8, 4) is 5.75 Å². The highest BCUT2D eigenvalue weighted by Gasteiger charge is 2.42. The summed E-state index contributed by atoms with van der Waals surface area (Å²) in [7, 11) is 1.67. The number of hydrogen-bond donors (Lipinski definition) is 2. The molecule has 3 N–H and O–H groups in total. The monoisotopic (exact) mass is 294 g/mol. The Morgan fingerprint density at radius 2 is 1.90 bits per heavy atom. The number of likely N-dealkylation sites (N-methyl/N-ethyl adjacent to an activating group) is 1. The topological polar surface area (TPSA) is 63.4 Å². The number of nitrogens with zero attached hydrogens (tertiary/aromatic N) is 2. The van der Waals surface area contributed by atoms with E-state index in [1.807, 2.05) is 12.1 Å². The van der Waals surface area contributed by atoms with Crippen molar-refractivity contribution >= 4 is 0 Å². The fourth-order valence-corrected chi connectivity index (χ4v) is 3.42. The van der Waals surface area contributed by atoms with Gasteiger partial charge in [-0.1, -0.05) is 27.7 Å². The molecule has 1 rings (SSSR count). The van der Waals surface area contributed by atoms with Crippen molar-refractivity contribution in [1.82, 2.24) is 15.3 Å². The minimum atomic E-state index is -0.0834. The quantitative estimate of drug-likeness (QED) is 0.541. The van der Waals surface area contributed by atoms with Crippen LogP contribution in [0, 0.1) is 0 Å². The van der Waals surface area contributed by atoms with Gasteiger partial charge < -0.3 is 4.74 Å². The zero-order valence-electron chi connectivity index (χ0n) is 14.0. The van der Waals surface area contributed by atoms with Crippen LogP contribution >= 0.6 is 0 Å². The first kappa shape index (κ1) is 17.9. The number of nitrogens with two attached hydrogens (primary N) is 1. The van der Waals surface area contributed by atoms with Gasteiger partial charge in [0.1, 0.15) is 11.4 Å². The minimum absolute atomic E-state index is 0.0800. The van der Waals surface area contributed by atoms with Crippen molar-refractivity contribution in [2.45, 2.75) is 52.1 Å². The first-order chi connectivity index (χ1) is 10.1. The normalized spacial score (nSPS) is 13.5. The molecule has 0 spiro atoms. The van der Waals surface area contributed by atoms with Crippen LogP contribution in [0.25, 0.3) is 0 Å². The zero-order chi connectivity index (χ0) is 15.9. The van der Waals surface area contributed by atoms with Gasteiger partial charge in [-0.2, -0.15) is 0 Å². The van der Waals surface area contributed by atoms with Crippen molar-refractivity contribution in [2.75, 3.05) is 20.2 Å². The van der Waals surface area contributed by atoms with Crippen LogP contribution in [0.15, 0.2) is 18.3 Å². The lowest BCUT2D eigenvalue weighted by Crippen LogP contribution is -2.57. The molecule has 1 heterocycles. The molecule has 21 heavy (non-hydrogen) atoms. The predicted molar refractivity (Wildman–Crippen MR) is 87.1 cm³/mol. The predicted octanol–water partition coefficient (Wildman–Crippen LogP) is 2.50. The van der Waals surface area contributed by atoms with E-state index in [2.05, 4.69) is 43.0 Å². The standard InChI is InChI=1S/C16H30N4O/c1-6-16(7-2,20(8-3)9-4)15(19-17)14-13(21-5)11-10-12-18-14/h10-12,15,19H,6-9,17H2,1-5H3. The number of ether oxygens (including phenoxy) is 1. The minimum Gasteiger partial charge on any atom is -0.495 e. The highest BCUT2D eigenvalue weighted by atomic mass is 16.5. The first-order valence-electron chi connectivity index (χ1n) is 7.85. The number of pyridine rings is 1. The molecule has 1 aromatic rings. The summed E-state index contributed by atoms with van der Waals surface area (Å²) >= 11 is 0. The van der Waals surface area contributed by atoms with Gasteiger partial charge in [-0.15, -0.1) is 0 Å². The highest BCUT2D eigenvalue weighted by molar-refractivity contribution is 5.32. The molecule has 5 heteroatoms. The van der Waals surface area contributed by atoms with E-state index in [1.165, 1.54) is 0 Å². The van der Waals surface area contributed by atoms with Gasteiger partial charge in [0.25, 0.3) is 0 Å². The third kappa shape index (κ3) is 3.36. The summed E-state index contributed by atoms with van der Waals surface area (Å²) in [4.78, 5) is 7.00. The summed E-state index contributed by atoms with van der Waals surface area (Å²) in [5, 5.41) is 0. The lowest BCUT2D eigenvalue weighted by molar-refractivity contribution is 0.0463. The third-order valence-electron chi connectivity index (χ3n) is 4.61. The van der Waals surface area contributed by atoms with Crippen LogP contribution in [0.4, 0.5) is 0 Å². The second kappa shape index (κ2) is 8.32. The maximum Gasteiger partial charge on any atom is 0.142 e.